The maximum absolute atomic E-state index is 12.1. The molecule has 4 aromatic rings. The first-order valence-corrected chi connectivity index (χ1v) is 9.41. The maximum atomic E-state index is 12.1. The average molecular weight is 391 g/mol. The molecule has 140 valence electrons. The molecule has 0 aliphatic rings. The molecule has 0 aliphatic carbocycles. The third-order valence-corrected chi connectivity index (χ3v) is 5.06. The summed E-state index contributed by atoms with van der Waals surface area (Å²) in [6, 6.07) is 20.9. The van der Waals surface area contributed by atoms with Crippen LogP contribution in [-0.2, 0) is 6.61 Å². The zero-order valence-corrected chi connectivity index (χ0v) is 16.4. The van der Waals surface area contributed by atoms with Gasteiger partial charge in [0.05, 0.1) is 5.02 Å². The van der Waals surface area contributed by atoms with Gasteiger partial charge in [-0.1, -0.05) is 65.7 Å². The Morgan fingerprint density at radius 2 is 1.75 bits per heavy atom. The van der Waals surface area contributed by atoms with Crippen molar-refractivity contribution in [3.63, 3.8) is 0 Å². The number of aryl methyl sites for hydroxylation is 2. The molecule has 0 saturated heterocycles. The third kappa shape index (κ3) is 3.67. The quantitative estimate of drug-likeness (QED) is 0.383. The van der Waals surface area contributed by atoms with Gasteiger partial charge in [0.1, 0.15) is 17.9 Å². The summed E-state index contributed by atoms with van der Waals surface area (Å²) in [5.74, 6) is 0.489. The molecule has 0 atom stereocenters. The summed E-state index contributed by atoms with van der Waals surface area (Å²) in [4.78, 5) is 12.1. The van der Waals surface area contributed by atoms with Gasteiger partial charge >= 0.3 is 5.63 Å². The molecule has 0 radical (unpaired) electrons. The Balaban J connectivity index is 1.74. The fourth-order valence-electron chi connectivity index (χ4n) is 3.24. The third-order valence-electron chi connectivity index (χ3n) is 4.77. The van der Waals surface area contributed by atoms with Gasteiger partial charge in [0.15, 0.2) is 0 Å². The fourth-order valence-corrected chi connectivity index (χ4v) is 3.46. The van der Waals surface area contributed by atoms with E-state index in [1.807, 2.05) is 44.2 Å². The Hall–Kier alpha value is -3.04. The number of benzene rings is 3. The van der Waals surface area contributed by atoms with Crippen molar-refractivity contribution in [2.24, 2.45) is 0 Å². The Morgan fingerprint density at radius 1 is 0.964 bits per heavy atom. The van der Waals surface area contributed by atoms with Gasteiger partial charge in [-0.15, -0.1) is 0 Å². The van der Waals surface area contributed by atoms with E-state index < -0.39 is 5.63 Å². The Bertz CT molecular complexity index is 1210. The Kier molecular flexibility index (Phi) is 4.93. The SMILES string of the molecule is Cc1ccc(C)c(COc2cc3oc(=O)cc(-c4ccccc4)c3cc2Cl)c1. The highest BCUT2D eigenvalue weighted by atomic mass is 35.5. The minimum absolute atomic E-state index is 0.390. The molecule has 3 aromatic carbocycles. The summed E-state index contributed by atoms with van der Waals surface area (Å²) in [7, 11) is 0. The first-order valence-electron chi connectivity index (χ1n) is 9.03. The van der Waals surface area contributed by atoms with Crippen LogP contribution >= 0.6 is 11.6 Å². The van der Waals surface area contributed by atoms with E-state index in [0.717, 1.165) is 27.6 Å². The van der Waals surface area contributed by atoms with Gasteiger partial charge in [0.2, 0.25) is 0 Å². The number of halogens is 1. The monoisotopic (exact) mass is 390 g/mol. The summed E-state index contributed by atoms with van der Waals surface area (Å²) in [6.07, 6.45) is 0. The maximum Gasteiger partial charge on any atom is 0.336 e. The standard InChI is InChI=1S/C24H19ClO3/c1-15-8-9-16(2)18(10-15)14-27-23-13-22-20(11-21(23)25)19(12-24(26)28-22)17-6-4-3-5-7-17/h3-13H,14H2,1-2H3. The lowest BCUT2D eigenvalue weighted by Gasteiger charge is -2.13. The van der Waals surface area contributed by atoms with E-state index in [1.165, 1.54) is 11.6 Å². The van der Waals surface area contributed by atoms with Crippen molar-refractivity contribution in [3.8, 4) is 16.9 Å². The van der Waals surface area contributed by atoms with Crippen LogP contribution in [0.2, 0.25) is 5.02 Å². The molecular weight excluding hydrogens is 372 g/mol. The lowest BCUT2D eigenvalue weighted by molar-refractivity contribution is 0.305. The predicted molar refractivity (Wildman–Crippen MR) is 113 cm³/mol. The van der Waals surface area contributed by atoms with E-state index >= 15 is 0 Å². The minimum atomic E-state index is -0.408. The van der Waals surface area contributed by atoms with Crippen LogP contribution in [0.4, 0.5) is 0 Å². The second-order valence-electron chi connectivity index (χ2n) is 6.84. The number of fused-ring (bicyclic) bond motifs is 1. The molecule has 28 heavy (non-hydrogen) atoms. The second kappa shape index (κ2) is 7.53. The summed E-state index contributed by atoms with van der Waals surface area (Å²) >= 11 is 6.49. The predicted octanol–water partition coefficient (Wildman–Crippen LogP) is 6.31. The number of hydrogen-bond acceptors (Lipinski definition) is 3. The zero-order valence-electron chi connectivity index (χ0n) is 15.7. The van der Waals surface area contributed by atoms with Crippen molar-refractivity contribution < 1.29 is 9.15 Å². The molecule has 0 amide bonds. The van der Waals surface area contributed by atoms with Crippen LogP contribution in [0.5, 0.6) is 5.75 Å². The van der Waals surface area contributed by atoms with E-state index in [0.29, 0.717) is 23.0 Å². The molecule has 0 fully saturated rings. The molecule has 0 aliphatic heterocycles. The van der Waals surface area contributed by atoms with E-state index in [4.69, 9.17) is 20.8 Å². The van der Waals surface area contributed by atoms with E-state index in [-0.39, 0.29) is 0 Å². The normalized spacial score (nSPS) is 11.0. The van der Waals surface area contributed by atoms with Crippen LogP contribution in [0.25, 0.3) is 22.1 Å². The summed E-state index contributed by atoms with van der Waals surface area (Å²) in [6.45, 7) is 4.48. The molecule has 0 bridgehead atoms. The highest BCUT2D eigenvalue weighted by Gasteiger charge is 2.13. The van der Waals surface area contributed by atoms with Crippen molar-refractivity contribution >= 4 is 22.6 Å². The number of rotatable bonds is 4. The summed E-state index contributed by atoms with van der Waals surface area (Å²) < 4.78 is 11.4. The van der Waals surface area contributed by atoms with Crippen molar-refractivity contribution in [2.75, 3.05) is 0 Å². The molecule has 4 heteroatoms. The zero-order chi connectivity index (χ0) is 19.7. The van der Waals surface area contributed by atoms with Crippen LogP contribution in [0.15, 0.2) is 75.9 Å². The van der Waals surface area contributed by atoms with E-state index in [9.17, 15) is 4.79 Å². The first kappa shape index (κ1) is 18.3. The largest absolute Gasteiger partial charge is 0.487 e. The molecule has 0 saturated carbocycles. The van der Waals surface area contributed by atoms with Gasteiger partial charge in [0.25, 0.3) is 0 Å². The van der Waals surface area contributed by atoms with Crippen molar-refractivity contribution in [3.05, 3.63) is 98.9 Å². The van der Waals surface area contributed by atoms with Crippen LogP contribution in [0.3, 0.4) is 0 Å². The Morgan fingerprint density at radius 3 is 2.54 bits per heavy atom. The van der Waals surface area contributed by atoms with Gasteiger partial charge in [-0.25, -0.2) is 4.79 Å². The molecule has 3 nitrogen and oxygen atoms in total. The van der Waals surface area contributed by atoms with Gasteiger partial charge in [-0.05, 0) is 42.2 Å². The lowest BCUT2D eigenvalue weighted by atomic mass is 10.0. The smallest absolute Gasteiger partial charge is 0.336 e. The second-order valence-corrected chi connectivity index (χ2v) is 7.25. The van der Waals surface area contributed by atoms with E-state index in [1.54, 1.807) is 12.1 Å². The minimum Gasteiger partial charge on any atom is -0.487 e. The Labute approximate surface area is 168 Å². The average Bonchev–Trinajstić information content (AvgIpc) is 2.69. The van der Waals surface area contributed by atoms with Crippen molar-refractivity contribution in [2.45, 2.75) is 20.5 Å². The van der Waals surface area contributed by atoms with Crippen LogP contribution in [-0.4, -0.2) is 0 Å². The molecule has 4 rings (SSSR count). The molecule has 1 heterocycles. The molecular formula is C24H19ClO3. The van der Waals surface area contributed by atoms with Crippen LogP contribution in [0.1, 0.15) is 16.7 Å². The van der Waals surface area contributed by atoms with Gasteiger partial charge in [0, 0.05) is 17.5 Å². The fraction of sp³-hybridized carbons (Fsp3) is 0.125. The molecule has 0 N–H and O–H groups in total. The lowest BCUT2D eigenvalue weighted by Crippen LogP contribution is -2.01. The molecule has 1 aromatic heterocycles. The van der Waals surface area contributed by atoms with Crippen LogP contribution in [0, 0.1) is 13.8 Å². The van der Waals surface area contributed by atoms with Gasteiger partial charge in [-0.2, -0.15) is 0 Å². The molecule has 0 unspecified atom stereocenters. The first-order chi connectivity index (χ1) is 13.5. The highest BCUT2D eigenvalue weighted by Crippen LogP contribution is 2.35. The van der Waals surface area contributed by atoms with E-state index in [2.05, 4.69) is 18.2 Å². The summed E-state index contributed by atoms with van der Waals surface area (Å²) in [5.41, 5.74) is 5.18. The highest BCUT2D eigenvalue weighted by molar-refractivity contribution is 6.33. The van der Waals surface area contributed by atoms with Gasteiger partial charge < -0.3 is 9.15 Å². The topological polar surface area (TPSA) is 39.4 Å². The van der Waals surface area contributed by atoms with Crippen molar-refractivity contribution in [1.29, 1.82) is 0 Å². The number of ether oxygens (including phenoxy) is 1. The molecule has 0 spiro atoms. The summed E-state index contributed by atoms with van der Waals surface area (Å²) in [5, 5.41) is 1.25. The van der Waals surface area contributed by atoms with Gasteiger partial charge in [-0.3, -0.25) is 0 Å². The van der Waals surface area contributed by atoms with Crippen LogP contribution < -0.4 is 10.4 Å². The van der Waals surface area contributed by atoms with Crippen molar-refractivity contribution in [1.82, 2.24) is 0 Å². The number of hydrogen-bond donors (Lipinski definition) is 0.